The Morgan fingerprint density at radius 3 is 2.06 bits per heavy atom. The van der Waals surface area contributed by atoms with Gasteiger partial charge in [-0.3, -0.25) is 4.79 Å². The minimum Gasteiger partial charge on any atom is -0.495 e. The van der Waals surface area contributed by atoms with E-state index in [9.17, 15) is 9.59 Å². The van der Waals surface area contributed by atoms with E-state index in [0.717, 1.165) is 50.9 Å². The summed E-state index contributed by atoms with van der Waals surface area (Å²) in [5.74, 6) is -0.137. The second-order valence-electron chi connectivity index (χ2n) is 7.14. The van der Waals surface area contributed by atoms with E-state index in [-0.39, 0.29) is 5.91 Å². The summed E-state index contributed by atoms with van der Waals surface area (Å²) in [6.45, 7) is 3.93. The van der Waals surface area contributed by atoms with E-state index in [1.54, 1.807) is 19.2 Å². The van der Waals surface area contributed by atoms with Crippen LogP contribution in [0, 0.1) is 0 Å². The maximum atomic E-state index is 12.3. The van der Waals surface area contributed by atoms with E-state index < -0.39 is 5.97 Å². The van der Waals surface area contributed by atoms with Crippen LogP contribution in [0.25, 0.3) is 0 Å². The Kier molecular flexibility index (Phi) is 9.33. The van der Waals surface area contributed by atoms with E-state index >= 15 is 0 Å². The normalized spacial score (nSPS) is 13.8. The molecule has 1 fully saturated rings. The number of nitrogens with one attached hydrogen (secondary N) is 1. The number of carboxylic acid groups (broad SMARTS) is 1. The topological polar surface area (TPSA) is 82.1 Å². The maximum absolute atomic E-state index is 12.3. The number of piperazine rings is 1. The summed E-state index contributed by atoms with van der Waals surface area (Å²) >= 11 is 9.17. The molecule has 0 aliphatic carbocycles. The number of methoxy groups -OCH3 is 1. The van der Waals surface area contributed by atoms with Crippen LogP contribution in [0.5, 0.6) is 5.75 Å². The van der Waals surface area contributed by atoms with Gasteiger partial charge in [-0.15, -0.1) is 22.7 Å². The Labute approximate surface area is 217 Å². The molecule has 1 saturated heterocycles. The number of carboxylic acids is 1. The lowest BCUT2D eigenvalue weighted by Gasteiger charge is -2.34. The molecule has 0 radical (unpaired) electrons. The molecule has 3 heterocycles. The van der Waals surface area contributed by atoms with E-state index in [4.69, 9.17) is 9.84 Å². The average Bonchev–Trinajstić information content (AvgIpc) is 3.43. The van der Waals surface area contributed by atoms with Crippen LogP contribution in [0.4, 0.5) is 11.4 Å². The molecule has 1 aliphatic rings. The number of nitrogens with zero attached hydrogens (tertiary/aromatic N) is 2. The van der Waals surface area contributed by atoms with E-state index in [1.165, 1.54) is 22.7 Å². The maximum Gasteiger partial charge on any atom is 0.345 e. The molecule has 11 heteroatoms. The number of benzene rings is 1. The van der Waals surface area contributed by atoms with Gasteiger partial charge in [0.15, 0.2) is 0 Å². The molecule has 176 valence electrons. The standard InChI is InChI=1S/C17H20BrN3O2S.C5H3BrO2S/c1-20-7-9-21(10-8-20)13-11-12(3-4-14(13)23-2)19-17(22)15-5-6-16(18)24-15;6-4-2-1-3(9-4)5(7)8/h3-6,11H,7-10H2,1-2H3,(H,19,22);1-2H,(H,7,8). The quantitative estimate of drug-likeness (QED) is 0.381. The summed E-state index contributed by atoms with van der Waals surface area (Å²) in [5.41, 5.74) is 1.80. The number of rotatable bonds is 5. The number of hydrogen-bond donors (Lipinski definition) is 2. The van der Waals surface area contributed by atoms with Gasteiger partial charge in [0.1, 0.15) is 10.6 Å². The van der Waals surface area contributed by atoms with Crippen LogP contribution in [0.2, 0.25) is 0 Å². The molecule has 0 bridgehead atoms. The van der Waals surface area contributed by atoms with Crippen molar-refractivity contribution in [1.82, 2.24) is 4.90 Å². The smallest absolute Gasteiger partial charge is 0.345 e. The van der Waals surface area contributed by atoms with Crippen molar-refractivity contribution in [2.75, 3.05) is 50.6 Å². The van der Waals surface area contributed by atoms with Crippen molar-refractivity contribution in [2.24, 2.45) is 0 Å². The molecule has 1 aliphatic heterocycles. The number of aromatic carboxylic acids is 1. The van der Waals surface area contributed by atoms with Gasteiger partial charge in [0, 0.05) is 31.9 Å². The van der Waals surface area contributed by atoms with Gasteiger partial charge >= 0.3 is 5.97 Å². The Hall–Kier alpha value is -1.92. The largest absolute Gasteiger partial charge is 0.495 e. The molecule has 0 saturated carbocycles. The molecule has 4 rings (SSSR count). The number of thiophene rings is 2. The molecule has 0 unspecified atom stereocenters. The number of likely N-dealkylation sites (N-methyl/N-ethyl adjacent to an activating group) is 1. The minimum absolute atomic E-state index is 0.0970. The molecule has 1 amide bonds. The van der Waals surface area contributed by atoms with Crippen LogP contribution in [-0.4, -0.2) is 62.2 Å². The molecular formula is C22H23Br2N3O4S2. The summed E-state index contributed by atoms with van der Waals surface area (Å²) in [6.07, 6.45) is 0. The van der Waals surface area contributed by atoms with Crippen molar-refractivity contribution in [3.63, 3.8) is 0 Å². The fraction of sp³-hybridized carbons (Fsp3) is 0.273. The molecule has 33 heavy (non-hydrogen) atoms. The average molecular weight is 617 g/mol. The number of carbonyl (C=O) groups is 2. The van der Waals surface area contributed by atoms with Crippen LogP contribution in [0.1, 0.15) is 19.3 Å². The van der Waals surface area contributed by atoms with Crippen LogP contribution in [-0.2, 0) is 0 Å². The monoisotopic (exact) mass is 615 g/mol. The lowest BCUT2D eigenvalue weighted by atomic mass is 10.2. The lowest BCUT2D eigenvalue weighted by Crippen LogP contribution is -2.44. The zero-order valence-electron chi connectivity index (χ0n) is 18.0. The van der Waals surface area contributed by atoms with Gasteiger partial charge in [0.05, 0.1) is 25.2 Å². The van der Waals surface area contributed by atoms with Crippen molar-refractivity contribution in [2.45, 2.75) is 0 Å². The van der Waals surface area contributed by atoms with E-state index in [1.807, 2.05) is 30.3 Å². The van der Waals surface area contributed by atoms with Gasteiger partial charge in [-0.05, 0) is 81.4 Å². The molecule has 7 nitrogen and oxygen atoms in total. The molecule has 0 spiro atoms. The highest BCUT2D eigenvalue weighted by Gasteiger charge is 2.19. The summed E-state index contributed by atoms with van der Waals surface area (Å²) in [6, 6.07) is 12.8. The van der Waals surface area contributed by atoms with Crippen molar-refractivity contribution < 1.29 is 19.4 Å². The molecule has 2 N–H and O–H groups in total. The first-order valence-electron chi connectivity index (χ1n) is 9.93. The Morgan fingerprint density at radius 1 is 0.970 bits per heavy atom. The Bertz CT molecular complexity index is 1110. The Morgan fingerprint density at radius 2 is 1.58 bits per heavy atom. The highest BCUT2D eigenvalue weighted by atomic mass is 79.9. The SMILES string of the molecule is COc1ccc(NC(=O)c2ccc(Br)s2)cc1N1CCN(C)CC1.O=C(O)c1ccc(Br)s1. The van der Waals surface area contributed by atoms with Gasteiger partial charge in [-0.25, -0.2) is 4.79 Å². The van der Waals surface area contributed by atoms with Crippen LogP contribution in [0.15, 0.2) is 50.0 Å². The third-order valence-electron chi connectivity index (χ3n) is 4.86. The summed E-state index contributed by atoms with van der Waals surface area (Å²) in [5, 5.41) is 11.4. The van der Waals surface area contributed by atoms with Gasteiger partial charge in [0.2, 0.25) is 0 Å². The first kappa shape index (κ1) is 25.7. The second-order valence-corrected chi connectivity index (χ2v) is 12.1. The first-order valence-corrected chi connectivity index (χ1v) is 13.2. The van der Waals surface area contributed by atoms with Crippen molar-refractivity contribution in [1.29, 1.82) is 0 Å². The van der Waals surface area contributed by atoms with Crippen LogP contribution in [0.3, 0.4) is 0 Å². The fourth-order valence-electron chi connectivity index (χ4n) is 3.12. The third-order valence-corrected chi connectivity index (χ3v) is 8.10. The first-order chi connectivity index (χ1) is 15.8. The highest BCUT2D eigenvalue weighted by molar-refractivity contribution is 9.11. The molecular weight excluding hydrogens is 594 g/mol. The zero-order chi connectivity index (χ0) is 24.0. The lowest BCUT2D eigenvalue weighted by molar-refractivity contribution is 0.0702. The summed E-state index contributed by atoms with van der Waals surface area (Å²) in [7, 11) is 3.81. The van der Waals surface area contributed by atoms with Gasteiger partial charge in [-0.1, -0.05) is 0 Å². The number of amides is 1. The molecule has 3 aromatic rings. The van der Waals surface area contributed by atoms with Crippen molar-refractivity contribution >= 4 is 77.8 Å². The van der Waals surface area contributed by atoms with Crippen molar-refractivity contribution in [3.8, 4) is 5.75 Å². The minimum atomic E-state index is -0.870. The van der Waals surface area contributed by atoms with Crippen LogP contribution >= 0.6 is 54.5 Å². The van der Waals surface area contributed by atoms with E-state index in [0.29, 0.717) is 9.75 Å². The van der Waals surface area contributed by atoms with Gasteiger partial charge in [-0.2, -0.15) is 0 Å². The highest BCUT2D eigenvalue weighted by Crippen LogP contribution is 2.32. The predicted molar refractivity (Wildman–Crippen MR) is 142 cm³/mol. The second kappa shape index (κ2) is 12.0. The zero-order valence-corrected chi connectivity index (χ0v) is 22.8. The summed E-state index contributed by atoms with van der Waals surface area (Å²) in [4.78, 5) is 28.2. The Balaban J connectivity index is 0.000000286. The summed E-state index contributed by atoms with van der Waals surface area (Å²) < 4.78 is 7.29. The van der Waals surface area contributed by atoms with Crippen molar-refractivity contribution in [3.05, 3.63) is 59.8 Å². The predicted octanol–water partition coefficient (Wildman–Crippen LogP) is 5.73. The number of ether oxygens (including phenoxy) is 1. The third kappa shape index (κ3) is 7.28. The molecule has 0 atom stereocenters. The van der Waals surface area contributed by atoms with Gasteiger partial charge < -0.3 is 25.0 Å². The molecule has 1 aromatic carbocycles. The molecule has 2 aromatic heterocycles. The van der Waals surface area contributed by atoms with Gasteiger partial charge in [0.25, 0.3) is 5.91 Å². The number of anilines is 2. The van der Waals surface area contributed by atoms with E-state index in [2.05, 4.69) is 54.0 Å². The number of halogens is 2. The number of hydrogen-bond acceptors (Lipinski definition) is 7. The fourth-order valence-corrected chi connectivity index (χ4v) is 5.63. The number of carbonyl (C=O) groups excluding carboxylic acids is 1. The van der Waals surface area contributed by atoms with Crippen LogP contribution < -0.4 is 15.0 Å².